The molecule has 10 heteroatoms. The Balaban J connectivity index is 1.59. The highest BCUT2D eigenvalue weighted by Crippen LogP contribution is 2.28. The Kier molecular flexibility index (Phi) is 10.3. The Morgan fingerprint density at radius 2 is 1.52 bits per heavy atom. The summed E-state index contributed by atoms with van der Waals surface area (Å²) in [6, 6.07) is 28.9. The van der Waals surface area contributed by atoms with Crippen molar-refractivity contribution in [3.8, 4) is 5.75 Å². The molecule has 0 saturated carbocycles. The summed E-state index contributed by atoms with van der Waals surface area (Å²) in [7, 11) is -4.12. The van der Waals surface area contributed by atoms with Gasteiger partial charge in [-0.1, -0.05) is 42.5 Å². The molecule has 0 fully saturated rings. The lowest BCUT2D eigenvalue weighted by Crippen LogP contribution is -2.38. The molecule has 0 aliphatic carbocycles. The van der Waals surface area contributed by atoms with Gasteiger partial charge in [-0.25, -0.2) is 8.42 Å². The predicted octanol–water partition coefficient (Wildman–Crippen LogP) is 6.13. The zero-order chi connectivity index (χ0) is 30.1. The molecule has 8 nitrogen and oxygen atoms in total. The molecule has 0 aromatic heterocycles. The van der Waals surface area contributed by atoms with Crippen molar-refractivity contribution in [3.05, 3.63) is 114 Å². The minimum Gasteiger partial charge on any atom is -0.494 e. The van der Waals surface area contributed by atoms with Crippen molar-refractivity contribution in [1.82, 2.24) is 5.32 Å². The van der Waals surface area contributed by atoms with Crippen LogP contribution in [0.15, 0.2) is 113 Å². The van der Waals surface area contributed by atoms with Crippen LogP contribution >= 0.6 is 11.8 Å². The minimum atomic E-state index is -4.12. The Hall–Kier alpha value is -4.28. The Morgan fingerprint density at radius 1 is 0.881 bits per heavy atom. The van der Waals surface area contributed by atoms with Crippen molar-refractivity contribution in [3.63, 3.8) is 0 Å². The molecule has 0 aliphatic rings. The van der Waals surface area contributed by atoms with E-state index in [1.54, 1.807) is 60.7 Å². The predicted molar refractivity (Wildman–Crippen MR) is 168 cm³/mol. The van der Waals surface area contributed by atoms with Gasteiger partial charge in [0, 0.05) is 4.90 Å². The van der Waals surface area contributed by atoms with E-state index in [0.29, 0.717) is 18.0 Å². The van der Waals surface area contributed by atoms with Gasteiger partial charge in [-0.3, -0.25) is 13.9 Å². The van der Waals surface area contributed by atoms with E-state index in [-0.39, 0.29) is 28.1 Å². The second-order valence-electron chi connectivity index (χ2n) is 9.31. The number of sulfonamides is 1. The number of nitrogens with zero attached hydrogens (tertiary/aromatic N) is 1. The molecule has 0 bridgehead atoms. The Bertz CT molecular complexity index is 1610. The number of hydrogen-bond acceptors (Lipinski definition) is 6. The van der Waals surface area contributed by atoms with E-state index in [2.05, 4.69) is 10.6 Å². The van der Waals surface area contributed by atoms with E-state index in [0.717, 1.165) is 14.8 Å². The first-order valence-electron chi connectivity index (χ1n) is 13.4. The average Bonchev–Trinajstić information content (AvgIpc) is 3.01. The van der Waals surface area contributed by atoms with Crippen LogP contribution in [0.2, 0.25) is 0 Å². The lowest BCUT2D eigenvalue weighted by molar-refractivity contribution is -0.114. The largest absolute Gasteiger partial charge is 0.494 e. The van der Waals surface area contributed by atoms with Crippen LogP contribution in [0.25, 0.3) is 0 Å². The minimum absolute atomic E-state index is 0.0525. The number of nitrogens with one attached hydrogen (secondary N) is 2. The average molecular weight is 604 g/mol. The molecule has 4 rings (SSSR count). The first kappa shape index (κ1) is 30.7. The van der Waals surface area contributed by atoms with Crippen molar-refractivity contribution < 1.29 is 22.7 Å². The van der Waals surface area contributed by atoms with E-state index in [9.17, 15) is 18.0 Å². The van der Waals surface area contributed by atoms with E-state index in [1.165, 1.54) is 23.9 Å². The van der Waals surface area contributed by atoms with E-state index in [4.69, 9.17) is 4.74 Å². The van der Waals surface area contributed by atoms with Crippen molar-refractivity contribution in [2.24, 2.45) is 0 Å². The van der Waals surface area contributed by atoms with Crippen molar-refractivity contribution in [1.29, 1.82) is 0 Å². The number of thioether (sulfide) groups is 1. The van der Waals surface area contributed by atoms with Crippen LogP contribution < -0.4 is 19.7 Å². The summed E-state index contributed by atoms with van der Waals surface area (Å²) in [6.45, 7) is 3.67. The topological polar surface area (TPSA) is 105 Å². The molecule has 0 radical (unpaired) electrons. The van der Waals surface area contributed by atoms with Crippen LogP contribution in [0.4, 0.5) is 11.4 Å². The van der Waals surface area contributed by atoms with Gasteiger partial charge in [0.2, 0.25) is 5.91 Å². The third-order valence-electron chi connectivity index (χ3n) is 6.46. The SMILES string of the molecule is CCOc1ccc(N(CC(=O)Nc2ccccc2C(=O)N[C@H](C)c2ccccc2)S(=O)(=O)c2ccc(SC)cc2)cc1. The van der Waals surface area contributed by atoms with E-state index in [1.807, 2.05) is 50.4 Å². The van der Waals surface area contributed by atoms with E-state index >= 15 is 0 Å². The van der Waals surface area contributed by atoms with Crippen LogP contribution in [-0.4, -0.2) is 39.6 Å². The molecule has 218 valence electrons. The molecule has 0 spiro atoms. The first-order valence-corrected chi connectivity index (χ1v) is 16.0. The molecule has 42 heavy (non-hydrogen) atoms. The second kappa shape index (κ2) is 14.1. The van der Waals surface area contributed by atoms with Gasteiger partial charge in [0.15, 0.2) is 0 Å². The molecule has 2 amide bonds. The van der Waals surface area contributed by atoms with Crippen molar-refractivity contribution in [2.45, 2.75) is 29.7 Å². The lowest BCUT2D eigenvalue weighted by Gasteiger charge is -2.25. The first-order chi connectivity index (χ1) is 20.2. The number of para-hydroxylation sites is 1. The Labute approximate surface area is 251 Å². The highest BCUT2D eigenvalue weighted by molar-refractivity contribution is 7.98. The van der Waals surface area contributed by atoms with Gasteiger partial charge < -0.3 is 15.4 Å². The monoisotopic (exact) mass is 603 g/mol. The summed E-state index contributed by atoms with van der Waals surface area (Å²) in [5.41, 5.74) is 1.77. The van der Waals surface area contributed by atoms with Crippen molar-refractivity contribution >= 4 is 45.0 Å². The fourth-order valence-electron chi connectivity index (χ4n) is 4.27. The summed E-state index contributed by atoms with van der Waals surface area (Å²) in [6.07, 6.45) is 1.90. The normalized spacial score (nSPS) is 11.8. The van der Waals surface area contributed by atoms with Gasteiger partial charge in [0.25, 0.3) is 15.9 Å². The van der Waals surface area contributed by atoms with Crippen LogP contribution in [-0.2, 0) is 14.8 Å². The van der Waals surface area contributed by atoms with Gasteiger partial charge >= 0.3 is 0 Å². The second-order valence-corrected chi connectivity index (χ2v) is 12.1. The fourth-order valence-corrected chi connectivity index (χ4v) is 6.10. The number of rotatable bonds is 12. The molecule has 0 aliphatic heterocycles. The number of carbonyl (C=O) groups excluding carboxylic acids is 2. The molecular formula is C32H33N3O5S2. The number of benzene rings is 4. The van der Waals surface area contributed by atoms with Gasteiger partial charge in [0.05, 0.1) is 34.5 Å². The van der Waals surface area contributed by atoms with Gasteiger partial charge in [0.1, 0.15) is 12.3 Å². The summed E-state index contributed by atoms with van der Waals surface area (Å²) in [5, 5.41) is 5.70. The molecule has 4 aromatic rings. The lowest BCUT2D eigenvalue weighted by atomic mass is 10.1. The highest BCUT2D eigenvalue weighted by atomic mass is 32.2. The van der Waals surface area contributed by atoms with E-state index < -0.39 is 22.5 Å². The van der Waals surface area contributed by atoms with Crippen LogP contribution in [0.1, 0.15) is 35.8 Å². The summed E-state index contributed by atoms with van der Waals surface area (Å²) in [4.78, 5) is 27.5. The molecule has 0 unspecified atom stereocenters. The van der Waals surface area contributed by atoms with Crippen molar-refractivity contribution in [2.75, 3.05) is 29.0 Å². The van der Waals surface area contributed by atoms with Crippen LogP contribution in [0, 0.1) is 0 Å². The molecular weight excluding hydrogens is 571 g/mol. The summed E-state index contributed by atoms with van der Waals surface area (Å²) < 4.78 is 34.2. The zero-order valence-electron chi connectivity index (χ0n) is 23.6. The van der Waals surface area contributed by atoms with Gasteiger partial charge in [-0.2, -0.15) is 0 Å². The maximum absolute atomic E-state index is 13.8. The molecule has 0 heterocycles. The van der Waals surface area contributed by atoms with Crippen LogP contribution in [0.5, 0.6) is 5.75 Å². The maximum atomic E-state index is 13.8. The molecule has 4 aromatic carbocycles. The molecule has 0 saturated heterocycles. The quantitative estimate of drug-likeness (QED) is 0.189. The Morgan fingerprint density at radius 3 is 2.17 bits per heavy atom. The summed E-state index contributed by atoms with van der Waals surface area (Å²) in [5.74, 6) is -0.395. The third kappa shape index (κ3) is 7.51. The van der Waals surface area contributed by atoms with Gasteiger partial charge in [-0.05, 0) is 86.3 Å². The number of hydrogen-bond donors (Lipinski definition) is 2. The fraction of sp³-hybridized carbons (Fsp3) is 0.188. The molecule has 2 N–H and O–H groups in total. The number of ether oxygens (including phenoxy) is 1. The zero-order valence-corrected chi connectivity index (χ0v) is 25.2. The number of carbonyl (C=O) groups is 2. The van der Waals surface area contributed by atoms with Gasteiger partial charge in [-0.15, -0.1) is 11.8 Å². The molecule has 1 atom stereocenters. The number of amides is 2. The summed E-state index contributed by atoms with van der Waals surface area (Å²) >= 11 is 1.50. The highest BCUT2D eigenvalue weighted by Gasteiger charge is 2.28. The maximum Gasteiger partial charge on any atom is 0.264 e. The standard InChI is InChI=1S/C32H33N3O5S2/c1-4-40-26-16-14-25(15-17-26)35(42(38,39)28-20-18-27(41-3)19-21-28)22-31(36)34-30-13-9-8-12-29(30)32(37)33-23(2)24-10-6-5-7-11-24/h5-21,23H,4,22H2,1-3H3,(H,33,37)(H,34,36)/t23-/m1/s1. The van der Waals surface area contributed by atoms with Crippen LogP contribution in [0.3, 0.4) is 0 Å². The third-order valence-corrected chi connectivity index (χ3v) is 8.99. The number of anilines is 2. The smallest absolute Gasteiger partial charge is 0.264 e.